The highest BCUT2D eigenvalue weighted by Crippen LogP contribution is 2.02. The maximum absolute atomic E-state index is 11.6. The molecule has 20 heavy (non-hydrogen) atoms. The molecule has 1 unspecified atom stereocenters. The van der Waals surface area contributed by atoms with Crippen molar-refractivity contribution in [1.29, 1.82) is 0 Å². The summed E-state index contributed by atoms with van der Waals surface area (Å²) in [7, 11) is -1.63. The van der Waals surface area contributed by atoms with Gasteiger partial charge in [0.2, 0.25) is 0 Å². The van der Waals surface area contributed by atoms with E-state index in [0.717, 1.165) is 6.26 Å². The number of urea groups is 1. The molecular weight excluding hydrogens is 288 g/mol. The van der Waals surface area contributed by atoms with Gasteiger partial charge >= 0.3 is 12.0 Å². The first-order chi connectivity index (χ1) is 9.17. The fourth-order valence-corrected chi connectivity index (χ4v) is 2.05. The highest BCUT2D eigenvalue weighted by Gasteiger charge is 2.21. The Kier molecular flexibility index (Phi) is 5.08. The van der Waals surface area contributed by atoms with E-state index in [9.17, 15) is 18.0 Å². The number of aliphatic carboxylic acids is 1. The Morgan fingerprint density at radius 1 is 1.50 bits per heavy atom. The number of rotatable bonds is 6. The van der Waals surface area contributed by atoms with Gasteiger partial charge in [-0.15, -0.1) is 0 Å². The molecule has 1 aromatic rings. The summed E-state index contributed by atoms with van der Waals surface area (Å²) in [6.07, 6.45) is 2.40. The van der Waals surface area contributed by atoms with Crippen LogP contribution in [0.15, 0.2) is 12.3 Å². The van der Waals surface area contributed by atoms with Crippen molar-refractivity contribution in [1.82, 2.24) is 15.1 Å². The molecule has 1 atom stereocenters. The summed E-state index contributed by atoms with van der Waals surface area (Å²) >= 11 is 0. The maximum Gasteiger partial charge on any atom is 0.326 e. The molecule has 1 rings (SSSR count). The van der Waals surface area contributed by atoms with Crippen LogP contribution < -0.4 is 10.6 Å². The van der Waals surface area contributed by atoms with Crippen LogP contribution >= 0.6 is 0 Å². The fourth-order valence-electron chi connectivity index (χ4n) is 1.38. The number of carboxylic acids is 1. The van der Waals surface area contributed by atoms with Gasteiger partial charge in [-0.2, -0.15) is 5.10 Å². The van der Waals surface area contributed by atoms with Gasteiger partial charge in [-0.3, -0.25) is 10.00 Å². The average Bonchev–Trinajstić information content (AvgIpc) is 2.68. The molecule has 3 N–H and O–H groups in total. The van der Waals surface area contributed by atoms with E-state index in [4.69, 9.17) is 5.11 Å². The van der Waals surface area contributed by atoms with E-state index >= 15 is 0 Å². The summed E-state index contributed by atoms with van der Waals surface area (Å²) < 4.78 is 23.5. The normalized spacial score (nSPS) is 12.7. The number of anilines is 1. The minimum absolute atomic E-state index is 0.205. The molecule has 0 aliphatic rings. The van der Waals surface area contributed by atoms with Gasteiger partial charge < -0.3 is 10.4 Å². The van der Waals surface area contributed by atoms with Crippen LogP contribution in [-0.2, 0) is 21.7 Å². The molecule has 0 saturated heterocycles. The number of carbonyl (C=O) groups excluding carboxylic acids is 1. The molecule has 112 valence electrons. The molecule has 0 aliphatic heterocycles. The first kappa shape index (κ1) is 16.0. The third kappa shape index (κ3) is 5.69. The van der Waals surface area contributed by atoms with E-state index in [1.165, 1.54) is 10.7 Å². The van der Waals surface area contributed by atoms with Crippen molar-refractivity contribution in [2.24, 2.45) is 7.05 Å². The third-order valence-electron chi connectivity index (χ3n) is 2.34. The smallest absolute Gasteiger partial charge is 0.326 e. The maximum atomic E-state index is 11.6. The lowest BCUT2D eigenvalue weighted by Gasteiger charge is -2.13. The number of aromatic nitrogens is 2. The van der Waals surface area contributed by atoms with Gasteiger partial charge in [0, 0.05) is 25.6 Å². The number of carbonyl (C=O) groups is 2. The lowest BCUT2D eigenvalue weighted by molar-refractivity contribution is -0.139. The Morgan fingerprint density at radius 3 is 2.60 bits per heavy atom. The van der Waals surface area contributed by atoms with Crippen molar-refractivity contribution >= 4 is 27.7 Å². The molecule has 10 heteroatoms. The predicted octanol–water partition coefficient (Wildman–Crippen LogP) is -0.570. The number of sulfone groups is 1. The van der Waals surface area contributed by atoms with Gasteiger partial charge in [-0.05, 0) is 6.42 Å². The molecule has 0 aromatic carbocycles. The van der Waals surface area contributed by atoms with Gasteiger partial charge in [0.15, 0.2) is 5.82 Å². The Morgan fingerprint density at radius 2 is 2.15 bits per heavy atom. The first-order valence-electron chi connectivity index (χ1n) is 5.65. The van der Waals surface area contributed by atoms with Gasteiger partial charge in [0.1, 0.15) is 15.9 Å². The van der Waals surface area contributed by atoms with E-state index in [0.29, 0.717) is 0 Å². The summed E-state index contributed by atoms with van der Waals surface area (Å²) in [6, 6.07) is -0.510. The van der Waals surface area contributed by atoms with Crippen LogP contribution in [0, 0.1) is 0 Å². The lowest BCUT2D eigenvalue weighted by Crippen LogP contribution is -2.44. The SMILES string of the molecule is Cn1ccc(NC(=O)NC(CCS(C)(=O)=O)C(=O)O)n1. The number of carboxylic acid groups (broad SMARTS) is 1. The summed E-state index contributed by atoms with van der Waals surface area (Å²) in [5.41, 5.74) is 0. The zero-order valence-corrected chi connectivity index (χ0v) is 11.8. The molecule has 9 nitrogen and oxygen atoms in total. The third-order valence-corrected chi connectivity index (χ3v) is 3.31. The largest absolute Gasteiger partial charge is 0.480 e. The Hall–Kier alpha value is -2.10. The molecule has 0 spiro atoms. The van der Waals surface area contributed by atoms with Crippen LogP contribution in [0.5, 0.6) is 0 Å². The molecule has 1 heterocycles. The topological polar surface area (TPSA) is 130 Å². The van der Waals surface area contributed by atoms with Gasteiger partial charge in [0.05, 0.1) is 5.75 Å². The zero-order chi connectivity index (χ0) is 15.3. The quantitative estimate of drug-likeness (QED) is 0.645. The standard InChI is InChI=1S/C10H16N4O5S/c1-14-5-3-8(13-14)12-10(17)11-7(9(15)16)4-6-20(2,18)19/h3,5,7H,4,6H2,1-2H3,(H,15,16)(H2,11,12,13,17). The second-order valence-corrected chi connectivity index (χ2v) is 6.54. The first-order valence-corrected chi connectivity index (χ1v) is 7.71. The van der Waals surface area contributed by atoms with Crippen LogP contribution in [0.25, 0.3) is 0 Å². The molecule has 0 aliphatic carbocycles. The Labute approximate surface area is 115 Å². The summed E-state index contributed by atoms with van der Waals surface area (Å²) in [4.78, 5) is 22.5. The number of nitrogens with one attached hydrogen (secondary N) is 2. The molecule has 0 radical (unpaired) electrons. The average molecular weight is 304 g/mol. The molecule has 2 amide bonds. The van der Waals surface area contributed by atoms with Crippen molar-refractivity contribution in [3.8, 4) is 0 Å². The summed E-state index contributed by atoms with van der Waals surface area (Å²) in [6.45, 7) is 0. The number of aryl methyl sites for hydroxylation is 1. The van der Waals surface area contributed by atoms with Crippen molar-refractivity contribution in [3.63, 3.8) is 0 Å². The molecule has 0 saturated carbocycles. The second kappa shape index (κ2) is 6.37. The van der Waals surface area contributed by atoms with Crippen LogP contribution in [0.4, 0.5) is 10.6 Å². The second-order valence-electron chi connectivity index (χ2n) is 4.28. The summed E-state index contributed by atoms with van der Waals surface area (Å²) in [5, 5.41) is 17.4. The molecule has 0 fully saturated rings. The number of hydrogen-bond acceptors (Lipinski definition) is 5. The van der Waals surface area contributed by atoms with E-state index in [1.54, 1.807) is 13.2 Å². The van der Waals surface area contributed by atoms with Crippen molar-refractivity contribution < 1.29 is 23.1 Å². The van der Waals surface area contributed by atoms with E-state index < -0.39 is 27.9 Å². The lowest BCUT2D eigenvalue weighted by atomic mass is 10.2. The monoisotopic (exact) mass is 304 g/mol. The van der Waals surface area contributed by atoms with E-state index in [2.05, 4.69) is 15.7 Å². The Balaban J connectivity index is 2.57. The van der Waals surface area contributed by atoms with Crippen molar-refractivity contribution in [2.75, 3.05) is 17.3 Å². The minimum atomic E-state index is -3.29. The van der Waals surface area contributed by atoms with Crippen molar-refractivity contribution in [2.45, 2.75) is 12.5 Å². The van der Waals surface area contributed by atoms with E-state index in [-0.39, 0.29) is 18.0 Å². The van der Waals surface area contributed by atoms with E-state index in [1.807, 2.05) is 0 Å². The number of amides is 2. The van der Waals surface area contributed by atoms with Gasteiger partial charge in [-0.25, -0.2) is 18.0 Å². The van der Waals surface area contributed by atoms with Gasteiger partial charge in [0.25, 0.3) is 0 Å². The number of nitrogens with zero attached hydrogens (tertiary/aromatic N) is 2. The molecule has 0 bridgehead atoms. The van der Waals surface area contributed by atoms with Crippen LogP contribution in [0.2, 0.25) is 0 Å². The van der Waals surface area contributed by atoms with Crippen LogP contribution in [-0.4, -0.2) is 53.4 Å². The molecular formula is C10H16N4O5S. The fraction of sp³-hybridized carbons (Fsp3) is 0.500. The highest BCUT2D eigenvalue weighted by atomic mass is 32.2. The number of hydrogen-bond donors (Lipinski definition) is 3. The predicted molar refractivity (Wildman–Crippen MR) is 71.1 cm³/mol. The Bertz CT molecular complexity index is 595. The molecule has 1 aromatic heterocycles. The van der Waals surface area contributed by atoms with Crippen LogP contribution in [0.1, 0.15) is 6.42 Å². The summed E-state index contributed by atoms with van der Waals surface area (Å²) in [5.74, 6) is -1.37. The minimum Gasteiger partial charge on any atom is -0.480 e. The van der Waals surface area contributed by atoms with Crippen LogP contribution in [0.3, 0.4) is 0 Å². The zero-order valence-electron chi connectivity index (χ0n) is 11.0. The van der Waals surface area contributed by atoms with Gasteiger partial charge in [-0.1, -0.05) is 0 Å². The highest BCUT2D eigenvalue weighted by molar-refractivity contribution is 7.90. The van der Waals surface area contributed by atoms with Crippen molar-refractivity contribution in [3.05, 3.63) is 12.3 Å².